The highest BCUT2D eigenvalue weighted by molar-refractivity contribution is 5.95. The van der Waals surface area contributed by atoms with E-state index in [0.29, 0.717) is 11.3 Å². The Morgan fingerprint density at radius 3 is 2.69 bits per heavy atom. The van der Waals surface area contributed by atoms with E-state index in [1.807, 2.05) is 0 Å². The molecule has 1 amide bonds. The van der Waals surface area contributed by atoms with Crippen molar-refractivity contribution in [3.8, 4) is 0 Å². The minimum Gasteiger partial charge on any atom is -0.458 e. The third-order valence-corrected chi connectivity index (χ3v) is 4.89. The van der Waals surface area contributed by atoms with E-state index < -0.39 is 23.5 Å². The molecule has 0 unspecified atom stereocenters. The predicted octanol–water partition coefficient (Wildman–Crippen LogP) is 4.48. The quantitative estimate of drug-likeness (QED) is 0.533. The molecule has 3 rings (SSSR count). The number of benzene rings is 2. The summed E-state index contributed by atoms with van der Waals surface area (Å²) in [5, 5.41) is 0. The molecule has 2 aromatic carbocycles. The largest absolute Gasteiger partial charge is 0.458 e. The first-order chi connectivity index (χ1) is 13.9. The Bertz CT molecular complexity index is 984. The van der Waals surface area contributed by atoms with E-state index in [1.165, 1.54) is 29.2 Å². The molecule has 6 heteroatoms. The first-order valence-electron chi connectivity index (χ1n) is 9.20. The van der Waals surface area contributed by atoms with Crippen LogP contribution in [0.1, 0.15) is 30.4 Å². The molecule has 150 valence electrons. The van der Waals surface area contributed by atoms with Gasteiger partial charge in [0.25, 0.3) is 0 Å². The van der Waals surface area contributed by atoms with Gasteiger partial charge in [-0.3, -0.25) is 4.79 Å². The number of allylic oxidation sites excluding steroid dienone is 1. The third-order valence-electron chi connectivity index (χ3n) is 4.89. The van der Waals surface area contributed by atoms with Crippen LogP contribution < -0.4 is 0 Å². The second-order valence-electron chi connectivity index (χ2n) is 6.77. The molecule has 0 saturated heterocycles. The molecule has 4 nitrogen and oxygen atoms in total. The summed E-state index contributed by atoms with van der Waals surface area (Å²) < 4.78 is 33.2. The monoisotopic (exact) mass is 397 g/mol. The van der Waals surface area contributed by atoms with Crippen molar-refractivity contribution in [2.75, 3.05) is 6.61 Å². The van der Waals surface area contributed by atoms with Gasteiger partial charge in [0.1, 0.15) is 18.2 Å². The maximum atomic E-state index is 14.4. The van der Waals surface area contributed by atoms with E-state index in [9.17, 15) is 18.4 Å². The number of rotatable bonds is 6. The second kappa shape index (κ2) is 8.82. The molecule has 0 N–H and O–H groups in total. The van der Waals surface area contributed by atoms with Crippen LogP contribution in [0.4, 0.5) is 8.78 Å². The molecular formula is C23H21F2NO3. The van der Waals surface area contributed by atoms with Crippen LogP contribution in [0.5, 0.6) is 0 Å². The lowest BCUT2D eigenvalue weighted by atomic mass is 9.83. The number of hydrogen-bond donors (Lipinski definition) is 0. The standard InChI is InChI=1S/C23H21F2NO3/c1-3-11-29-23(28)22-15(2)26(14-16-7-6-8-17(24)12-16)21(27)13-19(22)18-9-4-5-10-20(18)25/h3-10,12,19H,1,11,13-14H2,2H3/t19-/m1/s1. The Morgan fingerprint density at radius 2 is 2.00 bits per heavy atom. The number of carbonyl (C=O) groups is 2. The maximum absolute atomic E-state index is 14.4. The van der Waals surface area contributed by atoms with Crippen molar-refractivity contribution < 1.29 is 23.1 Å². The van der Waals surface area contributed by atoms with Gasteiger partial charge in [-0.25, -0.2) is 13.6 Å². The van der Waals surface area contributed by atoms with Crippen LogP contribution in [0.3, 0.4) is 0 Å². The molecule has 1 aliphatic heterocycles. The number of amides is 1. The SMILES string of the molecule is C=CCOC(=O)C1=C(C)N(Cc2cccc(F)c2)C(=O)C[C@@H]1c1ccccc1F. The molecule has 1 heterocycles. The summed E-state index contributed by atoms with van der Waals surface area (Å²) in [6.45, 7) is 5.24. The van der Waals surface area contributed by atoms with Crippen LogP contribution in [0.2, 0.25) is 0 Å². The summed E-state index contributed by atoms with van der Waals surface area (Å²) in [5.41, 5.74) is 1.43. The predicted molar refractivity (Wildman–Crippen MR) is 105 cm³/mol. The Labute approximate surface area is 168 Å². The zero-order valence-corrected chi connectivity index (χ0v) is 16.0. The van der Waals surface area contributed by atoms with Crippen LogP contribution in [-0.4, -0.2) is 23.4 Å². The first kappa shape index (κ1) is 20.5. The number of esters is 1. The van der Waals surface area contributed by atoms with Crippen LogP contribution in [0.15, 0.2) is 72.5 Å². The lowest BCUT2D eigenvalue weighted by Gasteiger charge is -2.34. The molecular weight excluding hydrogens is 376 g/mol. The van der Waals surface area contributed by atoms with Gasteiger partial charge in [0, 0.05) is 18.0 Å². The van der Waals surface area contributed by atoms with E-state index in [4.69, 9.17) is 4.74 Å². The highest BCUT2D eigenvalue weighted by atomic mass is 19.1. The number of halogens is 2. The molecule has 0 radical (unpaired) electrons. The van der Waals surface area contributed by atoms with Gasteiger partial charge in [-0.2, -0.15) is 0 Å². The smallest absolute Gasteiger partial charge is 0.336 e. The first-order valence-corrected chi connectivity index (χ1v) is 9.20. The number of hydrogen-bond acceptors (Lipinski definition) is 3. The van der Waals surface area contributed by atoms with Crippen molar-refractivity contribution in [3.05, 3.63) is 95.2 Å². The van der Waals surface area contributed by atoms with E-state index in [0.717, 1.165) is 0 Å². The summed E-state index contributed by atoms with van der Waals surface area (Å²) in [6.07, 6.45) is 1.34. The average Bonchev–Trinajstić information content (AvgIpc) is 2.69. The van der Waals surface area contributed by atoms with Gasteiger partial charge in [-0.15, -0.1) is 0 Å². The molecule has 0 fully saturated rings. The van der Waals surface area contributed by atoms with Crippen LogP contribution in [0, 0.1) is 11.6 Å². The summed E-state index contributed by atoms with van der Waals surface area (Å²) >= 11 is 0. The van der Waals surface area contributed by atoms with Crippen molar-refractivity contribution >= 4 is 11.9 Å². The molecule has 0 bridgehead atoms. The van der Waals surface area contributed by atoms with Gasteiger partial charge < -0.3 is 9.64 Å². The minimum absolute atomic E-state index is 0.00253. The molecule has 1 atom stereocenters. The molecule has 0 spiro atoms. The Balaban J connectivity index is 2.04. The highest BCUT2D eigenvalue weighted by Crippen LogP contribution is 2.38. The number of nitrogens with zero attached hydrogens (tertiary/aromatic N) is 1. The lowest BCUT2D eigenvalue weighted by Crippen LogP contribution is -2.38. The maximum Gasteiger partial charge on any atom is 0.336 e. The number of ether oxygens (including phenoxy) is 1. The van der Waals surface area contributed by atoms with E-state index in [1.54, 1.807) is 37.3 Å². The Kier molecular flexibility index (Phi) is 6.22. The Hall–Kier alpha value is -3.28. The highest BCUT2D eigenvalue weighted by Gasteiger charge is 2.37. The molecule has 29 heavy (non-hydrogen) atoms. The number of carbonyl (C=O) groups excluding carboxylic acids is 2. The van der Waals surface area contributed by atoms with E-state index in [-0.39, 0.29) is 36.6 Å². The second-order valence-corrected chi connectivity index (χ2v) is 6.77. The van der Waals surface area contributed by atoms with Gasteiger partial charge in [0.15, 0.2) is 0 Å². The van der Waals surface area contributed by atoms with E-state index >= 15 is 0 Å². The molecule has 1 aliphatic rings. The van der Waals surface area contributed by atoms with E-state index in [2.05, 4.69) is 6.58 Å². The summed E-state index contributed by atoms with van der Waals surface area (Å²) in [5.74, 6) is -2.58. The molecule has 2 aromatic rings. The van der Waals surface area contributed by atoms with Crippen molar-refractivity contribution in [1.29, 1.82) is 0 Å². The van der Waals surface area contributed by atoms with Gasteiger partial charge in [0.05, 0.1) is 12.1 Å². The molecule has 0 aliphatic carbocycles. The third kappa shape index (κ3) is 4.42. The van der Waals surface area contributed by atoms with Crippen molar-refractivity contribution in [3.63, 3.8) is 0 Å². The zero-order chi connectivity index (χ0) is 21.0. The van der Waals surface area contributed by atoms with Gasteiger partial charge in [-0.05, 0) is 36.2 Å². The van der Waals surface area contributed by atoms with Crippen molar-refractivity contribution in [2.45, 2.75) is 25.8 Å². The lowest BCUT2D eigenvalue weighted by molar-refractivity contribution is -0.139. The summed E-state index contributed by atoms with van der Waals surface area (Å²) in [6, 6.07) is 12.0. The molecule has 0 saturated carbocycles. The fourth-order valence-electron chi connectivity index (χ4n) is 3.52. The topological polar surface area (TPSA) is 46.6 Å². The van der Waals surface area contributed by atoms with Gasteiger partial charge in [0.2, 0.25) is 5.91 Å². The minimum atomic E-state index is -0.759. The van der Waals surface area contributed by atoms with Gasteiger partial charge in [-0.1, -0.05) is 43.0 Å². The molecule has 0 aromatic heterocycles. The van der Waals surface area contributed by atoms with Gasteiger partial charge >= 0.3 is 5.97 Å². The fourth-order valence-corrected chi connectivity index (χ4v) is 3.52. The van der Waals surface area contributed by atoms with Crippen LogP contribution in [-0.2, 0) is 20.9 Å². The van der Waals surface area contributed by atoms with Crippen LogP contribution >= 0.6 is 0 Å². The average molecular weight is 397 g/mol. The normalized spacial score (nSPS) is 16.7. The fraction of sp³-hybridized carbons (Fsp3) is 0.217. The summed E-state index contributed by atoms with van der Waals surface area (Å²) in [7, 11) is 0. The zero-order valence-electron chi connectivity index (χ0n) is 16.0. The van der Waals surface area contributed by atoms with Crippen molar-refractivity contribution in [1.82, 2.24) is 4.90 Å². The summed E-state index contributed by atoms with van der Waals surface area (Å²) in [4.78, 5) is 27.1. The van der Waals surface area contributed by atoms with Crippen LogP contribution in [0.25, 0.3) is 0 Å². The Morgan fingerprint density at radius 1 is 1.24 bits per heavy atom. The van der Waals surface area contributed by atoms with Crippen molar-refractivity contribution in [2.24, 2.45) is 0 Å².